The lowest BCUT2D eigenvalue weighted by molar-refractivity contribution is 0.199. The molecule has 0 fully saturated rings. The van der Waals surface area contributed by atoms with Gasteiger partial charge in [0, 0.05) is 26.0 Å². The van der Waals surface area contributed by atoms with Crippen LogP contribution >= 0.6 is 0 Å². The van der Waals surface area contributed by atoms with E-state index < -0.39 is 0 Å². The quantitative estimate of drug-likeness (QED) is 0.659. The monoisotopic (exact) mass is 208 g/mol. The van der Waals surface area contributed by atoms with Crippen LogP contribution in [0.3, 0.4) is 0 Å². The van der Waals surface area contributed by atoms with Crippen molar-refractivity contribution in [3.63, 3.8) is 0 Å². The number of nitrogens with zero attached hydrogens (tertiary/aromatic N) is 1. The van der Waals surface area contributed by atoms with Crippen LogP contribution in [-0.2, 0) is 11.2 Å². The number of aryl methyl sites for hydroxylation is 1. The summed E-state index contributed by atoms with van der Waals surface area (Å²) in [4.78, 5) is 4.09. The van der Waals surface area contributed by atoms with Gasteiger partial charge in [0.2, 0.25) is 0 Å². The molecule has 0 spiro atoms. The Kier molecular flexibility index (Phi) is 6.79. The molecular weight excluding hydrogens is 188 g/mol. The Balaban J connectivity index is 1.93. The molecule has 1 aromatic rings. The lowest BCUT2D eigenvalue weighted by Gasteiger charge is -2.03. The average molecular weight is 208 g/mol. The lowest BCUT2D eigenvalue weighted by atomic mass is 10.1. The fourth-order valence-electron chi connectivity index (χ4n) is 1.42. The van der Waals surface area contributed by atoms with Crippen LogP contribution < -0.4 is 5.32 Å². The summed E-state index contributed by atoms with van der Waals surface area (Å²) in [5.41, 5.74) is 1.33. The molecule has 0 atom stereocenters. The predicted molar refractivity (Wildman–Crippen MR) is 61.9 cm³/mol. The summed E-state index contributed by atoms with van der Waals surface area (Å²) in [5.74, 6) is 0. The highest BCUT2D eigenvalue weighted by Gasteiger charge is 1.92. The summed E-state index contributed by atoms with van der Waals surface area (Å²) in [7, 11) is 1.73. The second-order valence-corrected chi connectivity index (χ2v) is 3.56. The van der Waals surface area contributed by atoms with E-state index in [0.717, 1.165) is 26.1 Å². The van der Waals surface area contributed by atoms with Crippen molar-refractivity contribution >= 4 is 0 Å². The zero-order chi connectivity index (χ0) is 10.8. The molecule has 1 N–H and O–H groups in total. The van der Waals surface area contributed by atoms with Crippen molar-refractivity contribution in [2.45, 2.75) is 19.3 Å². The van der Waals surface area contributed by atoms with Gasteiger partial charge >= 0.3 is 0 Å². The van der Waals surface area contributed by atoms with E-state index in [1.165, 1.54) is 18.4 Å². The Labute approximate surface area is 91.9 Å². The number of methoxy groups -OCH3 is 1. The maximum Gasteiger partial charge on any atom is 0.0587 e. The van der Waals surface area contributed by atoms with Crippen molar-refractivity contribution in [3.05, 3.63) is 30.1 Å². The zero-order valence-corrected chi connectivity index (χ0v) is 9.41. The molecule has 0 aliphatic carbocycles. The lowest BCUT2D eigenvalue weighted by Crippen LogP contribution is -2.20. The summed E-state index contributed by atoms with van der Waals surface area (Å²) < 4.78 is 4.95. The number of hydrogen-bond acceptors (Lipinski definition) is 3. The summed E-state index contributed by atoms with van der Waals surface area (Å²) in [6.45, 7) is 2.82. The molecule has 0 unspecified atom stereocenters. The Hall–Kier alpha value is -0.930. The smallest absolute Gasteiger partial charge is 0.0587 e. The first kappa shape index (κ1) is 12.1. The van der Waals surface area contributed by atoms with Gasteiger partial charge in [-0.1, -0.05) is 6.07 Å². The third-order valence-electron chi connectivity index (χ3n) is 2.27. The summed E-state index contributed by atoms with van der Waals surface area (Å²) in [6, 6.07) is 4.12. The van der Waals surface area contributed by atoms with Crippen LogP contribution in [0.25, 0.3) is 0 Å². The highest BCUT2D eigenvalue weighted by Crippen LogP contribution is 2.01. The van der Waals surface area contributed by atoms with Gasteiger partial charge in [-0.15, -0.1) is 0 Å². The average Bonchev–Trinajstić information content (AvgIpc) is 2.29. The van der Waals surface area contributed by atoms with E-state index in [2.05, 4.69) is 16.4 Å². The number of aromatic nitrogens is 1. The Morgan fingerprint density at radius 1 is 1.33 bits per heavy atom. The van der Waals surface area contributed by atoms with E-state index in [1.807, 2.05) is 18.5 Å². The largest absolute Gasteiger partial charge is 0.383 e. The summed E-state index contributed by atoms with van der Waals surface area (Å²) >= 11 is 0. The number of unbranched alkanes of at least 4 members (excludes halogenated alkanes) is 1. The predicted octanol–water partition coefficient (Wildman–Crippen LogP) is 1.64. The molecule has 3 nitrogen and oxygen atoms in total. The SMILES string of the molecule is COCCNCCCCc1cccnc1. The maximum atomic E-state index is 4.95. The second kappa shape index (κ2) is 8.38. The van der Waals surface area contributed by atoms with Crippen LogP contribution in [0.1, 0.15) is 18.4 Å². The Morgan fingerprint density at radius 3 is 3.00 bits per heavy atom. The van der Waals surface area contributed by atoms with E-state index in [1.54, 1.807) is 7.11 Å². The number of rotatable bonds is 8. The first-order chi connectivity index (χ1) is 7.43. The van der Waals surface area contributed by atoms with Crippen molar-refractivity contribution in [2.75, 3.05) is 26.8 Å². The zero-order valence-electron chi connectivity index (χ0n) is 9.41. The third-order valence-corrected chi connectivity index (χ3v) is 2.27. The van der Waals surface area contributed by atoms with Gasteiger partial charge in [0.05, 0.1) is 6.61 Å². The first-order valence-electron chi connectivity index (χ1n) is 5.52. The van der Waals surface area contributed by atoms with E-state index in [0.29, 0.717) is 0 Å². The van der Waals surface area contributed by atoms with Crippen molar-refractivity contribution in [2.24, 2.45) is 0 Å². The number of ether oxygens (including phenoxy) is 1. The van der Waals surface area contributed by atoms with Gasteiger partial charge < -0.3 is 10.1 Å². The van der Waals surface area contributed by atoms with Crippen LogP contribution in [0.5, 0.6) is 0 Å². The molecule has 0 saturated carbocycles. The standard InChI is InChI=1S/C12H20N2O/c1-15-10-9-13-7-3-2-5-12-6-4-8-14-11-12/h4,6,8,11,13H,2-3,5,7,9-10H2,1H3. The molecule has 0 aromatic carbocycles. The molecule has 0 amide bonds. The summed E-state index contributed by atoms with van der Waals surface area (Å²) in [5, 5.41) is 3.33. The normalized spacial score (nSPS) is 10.5. The van der Waals surface area contributed by atoms with Crippen LogP contribution in [0.4, 0.5) is 0 Å². The fourth-order valence-corrected chi connectivity index (χ4v) is 1.42. The minimum Gasteiger partial charge on any atom is -0.383 e. The second-order valence-electron chi connectivity index (χ2n) is 3.56. The van der Waals surface area contributed by atoms with Crippen molar-refractivity contribution in [1.82, 2.24) is 10.3 Å². The van der Waals surface area contributed by atoms with E-state index in [4.69, 9.17) is 4.74 Å². The molecule has 0 aliphatic heterocycles. The van der Waals surface area contributed by atoms with Crippen LogP contribution in [0.15, 0.2) is 24.5 Å². The molecule has 0 bridgehead atoms. The maximum absolute atomic E-state index is 4.95. The molecule has 1 rings (SSSR count). The van der Waals surface area contributed by atoms with Gasteiger partial charge in [-0.3, -0.25) is 4.98 Å². The number of pyridine rings is 1. The van der Waals surface area contributed by atoms with Gasteiger partial charge in [-0.05, 0) is 37.4 Å². The molecule has 1 heterocycles. The van der Waals surface area contributed by atoms with Gasteiger partial charge in [-0.2, -0.15) is 0 Å². The topological polar surface area (TPSA) is 34.1 Å². The van der Waals surface area contributed by atoms with Crippen molar-refractivity contribution in [1.29, 1.82) is 0 Å². The minimum atomic E-state index is 0.794. The number of nitrogens with one attached hydrogen (secondary N) is 1. The van der Waals surface area contributed by atoms with Gasteiger partial charge in [0.25, 0.3) is 0 Å². The van der Waals surface area contributed by atoms with E-state index in [-0.39, 0.29) is 0 Å². The highest BCUT2D eigenvalue weighted by molar-refractivity contribution is 5.08. The molecule has 3 heteroatoms. The first-order valence-corrected chi connectivity index (χ1v) is 5.52. The van der Waals surface area contributed by atoms with Crippen LogP contribution in [0.2, 0.25) is 0 Å². The molecule has 1 aromatic heterocycles. The summed E-state index contributed by atoms with van der Waals surface area (Å²) in [6.07, 6.45) is 7.30. The van der Waals surface area contributed by atoms with Gasteiger partial charge in [-0.25, -0.2) is 0 Å². The van der Waals surface area contributed by atoms with Crippen LogP contribution in [-0.4, -0.2) is 31.8 Å². The van der Waals surface area contributed by atoms with E-state index >= 15 is 0 Å². The molecule has 0 radical (unpaired) electrons. The van der Waals surface area contributed by atoms with Gasteiger partial charge in [0.1, 0.15) is 0 Å². The third kappa shape index (κ3) is 6.20. The van der Waals surface area contributed by atoms with Crippen LogP contribution in [0, 0.1) is 0 Å². The van der Waals surface area contributed by atoms with Crippen molar-refractivity contribution < 1.29 is 4.74 Å². The van der Waals surface area contributed by atoms with Gasteiger partial charge in [0.15, 0.2) is 0 Å². The highest BCUT2D eigenvalue weighted by atomic mass is 16.5. The number of hydrogen-bond donors (Lipinski definition) is 1. The van der Waals surface area contributed by atoms with Crippen molar-refractivity contribution in [3.8, 4) is 0 Å². The fraction of sp³-hybridized carbons (Fsp3) is 0.583. The Morgan fingerprint density at radius 2 is 2.27 bits per heavy atom. The molecule has 0 saturated heterocycles. The van der Waals surface area contributed by atoms with E-state index in [9.17, 15) is 0 Å². The molecule has 84 valence electrons. The molecule has 0 aliphatic rings. The Bertz CT molecular complexity index is 239. The molecular formula is C12H20N2O. The minimum absolute atomic E-state index is 0.794. The molecule has 15 heavy (non-hydrogen) atoms.